The van der Waals surface area contributed by atoms with E-state index in [9.17, 15) is 8.42 Å². The second-order valence-electron chi connectivity index (χ2n) is 9.38. The molecular weight excluding hydrogens is 428 g/mol. The lowest BCUT2D eigenvalue weighted by atomic mass is 9.83. The average Bonchev–Trinajstić information content (AvgIpc) is 3.41. The number of anilines is 1. The van der Waals surface area contributed by atoms with Gasteiger partial charge in [-0.3, -0.25) is 10.3 Å². The van der Waals surface area contributed by atoms with Gasteiger partial charge >= 0.3 is 0 Å². The molecule has 3 N–H and O–H groups in total. The third-order valence-corrected chi connectivity index (χ3v) is 9.51. The fourth-order valence-corrected chi connectivity index (χ4v) is 7.08. The highest BCUT2D eigenvalue weighted by Gasteiger charge is 2.43. The zero-order chi connectivity index (χ0) is 21.8. The van der Waals surface area contributed by atoms with E-state index in [0.29, 0.717) is 22.9 Å². The molecule has 0 amide bonds. The van der Waals surface area contributed by atoms with E-state index in [0.717, 1.165) is 24.0 Å². The van der Waals surface area contributed by atoms with Gasteiger partial charge in [0, 0.05) is 30.5 Å². The minimum atomic E-state index is -3.18. The summed E-state index contributed by atoms with van der Waals surface area (Å²) in [6, 6.07) is 7.25. The standard InChI is InChI=1S/C23H38N4O2S2/c1-3-4-5-7-17-14-18-15-25-27(19-9-11-21(12-10-19)31(2,28)29)23(18)26-22(17)24-16-20-8-6-13-30-20/h9-12,17-18,20,22-26H,3-8,13-16H2,1-2H3. The van der Waals surface area contributed by atoms with E-state index in [1.807, 2.05) is 12.1 Å². The van der Waals surface area contributed by atoms with Crippen molar-refractivity contribution in [3.05, 3.63) is 24.3 Å². The van der Waals surface area contributed by atoms with Crippen molar-refractivity contribution in [2.24, 2.45) is 11.8 Å². The summed E-state index contributed by atoms with van der Waals surface area (Å²) in [5.41, 5.74) is 4.58. The summed E-state index contributed by atoms with van der Waals surface area (Å²) in [6.07, 6.45) is 10.9. The smallest absolute Gasteiger partial charge is 0.175 e. The molecule has 4 rings (SSSR count). The molecule has 0 aliphatic carbocycles. The van der Waals surface area contributed by atoms with Gasteiger partial charge in [-0.1, -0.05) is 26.2 Å². The number of benzene rings is 1. The molecule has 0 radical (unpaired) electrons. The van der Waals surface area contributed by atoms with Crippen LogP contribution < -0.4 is 21.1 Å². The first-order valence-corrected chi connectivity index (χ1v) is 14.8. The number of nitrogens with zero attached hydrogens (tertiary/aromatic N) is 1. The van der Waals surface area contributed by atoms with Crippen LogP contribution >= 0.6 is 11.8 Å². The van der Waals surface area contributed by atoms with Crippen molar-refractivity contribution >= 4 is 27.3 Å². The lowest BCUT2D eigenvalue weighted by Gasteiger charge is -2.43. The van der Waals surface area contributed by atoms with E-state index >= 15 is 0 Å². The molecule has 0 saturated carbocycles. The first kappa shape index (κ1) is 23.4. The third kappa shape index (κ3) is 5.77. The van der Waals surface area contributed by atoms with Gasteiger partial charge in [-0.05, 0) is 61.6 Å². The molecule has 3 fully saturated rings. The first-order valence-electron chi connectivity index (χ1n) is 11.9. The van der Waals surface area contributed by atoms with Crippen molar-refractivity contribution < 1.29 is 8.42 Å². The van der Waals surface area contributed by atoms with Crippen LogP contribution in [0.1, 0.15) is 51.9 Å². The van der Waals surface area contributed by atoms with Crippen molar-refractivity contribution in [2.75, 3.05) is 30.1 Å². The van der Waals surface area contributed by atoms with E-state index < -0.39 is 9.84 Å². The number of fused-ring (bicyclic) bond motifs is 1. The fourth-order valence-electron chi connectivity index (χ4n) is 5.24. The van der Waals surface area contributed by atoms with Gasteiger partial charge in [-0.15, -0.1) is 0 Å². The Morgan fingerprint density at radius 2 is 2.03 bits per heavy atom. The molecule has 3 heterocycles. The number of hydrogen-bond acceptors (Lipinski definition) is 7. The molecule has 5 atom stereocenters. The minimum Gasteiger partial charge on any atom is -0.301 e. The average molecular weight is 467 g/mol. The van der Waals surface area contributed by atoms with Crippen LogP contribution in [0.15, 0.2) is 29.2 Å². The quantitative estimate of drug-likeness (QED) is 0.482. The monoisotopic (exact) mass is 466 g/mol. The molecule has 0 spiro atoms. The molecule has 3 aliphatic rings. The SMILES string of the molecule is CCCCCC1CC2CNN(c3ccc(S(C)(=O)=O)cc3)C2NC1NCC1CCCS1. The highest BCUT2D eigenvalue weighted by Crippen LogP contribution is 2.35. The Kier molecular flexibility index (Phi) is 7.85. The number of piperidine rings is 1. The predicted octanol–water partition coefficient (Wildman–Crippen LogP) is 3.36. The van der Waals surface area contributed by atoms with Crippen LogP contribution in [0.25, 0.3) is 0 Å². The summed E-state index contributed by atoms with van der Waals surface area (Å²) in [7, 11) is -3.18. The molecule has 3 saturated heterocycles. The Morgan fingerprint density at radius 3 is 2.71 bits per heavy atom. The lowest BCUT2D eigenvalue weighted by Crippen LogP contribution is -2.62. The molecule has 0 bridgehead atoms. The van der Waals surface area contributed by atoms with Gasteiger partial charge in [0.2, 0.25) is 0 Å². The summed E-state index contributed by atoms with van der Waals surface area (Å²) in [5, 5.41) is 10.8. The van der Waals surface area contributed by atoms with Gasteiger partial charge in [0.05, 0.1) is 16.7 Å². The Hall–Kier alpha value is -0.800. The number of rotatable bonds is 9. The number of unbranched alkanes of at least 4 members (excludes halogenated alkanes) is 2. The van der Waals surface area contributed by atoms with Gasteiger partial charge < -0.3 is 5.32 Å². The van der Waals surface area contributed by atoms with Crippen LogP contribution in [0.4, 0.5) is 5.69 Å². The summed E-state index contributed by atoms with van der Waals surface area (Å²) in [6.45, 7) is 4.32. The molecule has 0 aromatic heterocycles. The van der Waals surface area contributed by atoms with Gasteiger partial charge in [-0.2, -0.15) is 11.8 Å². The molecule has 1 aromatic carbocycles. The van der Waals surface area contributed by atoms with Crippen molar-refractivity contribution in [2.45, 2.75) is 74.3 Å². The minimum absolute atomic E-state index is 0.222. The maximum Gasteiger partial charge on any atom is 0.175 e. The zero-order valence-electron chi connectivity index (χ0n) is 18.8. The Bertz CT molecular complexity index is 811. The topological polar surface area (TPSA) is 73.5 Å². The van der Waals surface area contributed by atoms with E-state index in [1.165, 1.54) is 57.0 Å². The van der Waals surface area contributed by atoms with Gasteiger partial charge in [0.25, 0.3) is 0 Å². The van der Waals surface area contributed by atoms with Crippen molar-refractivity contribution in [1.82, 2.24) is 16.1 Å². The fraction of sp³-hybridized carbons (Fsp3) is 0.739. The number of hydrogen-bond donors (Lipinski definition) is 3. The van der Waals surface area contributed by atoms with E-state index in [2.05, 4.69) is 39.8 Å². The summed E-state index contributed by atoms with van der Waals surface area (Å²) in [5.74, 6) is 2.52. The Morgan fingerprint density at radius 1 is 1.23 bits per heavy atom. The summed E-state index contributed by atoms with van der Waals surface area (Å²) in [4.78, 5) is 0.369. The number of thioether (sulfide) groups is 1. The molecule has 5 unspecified atom stereocenters. The van der Waals surface area contributed by atoms with Gasteiger partial charge in [0.15, 0.2) is 9.84 Å². The van der Waals surface area contributed by atoms with Crippen LogP contribution in [-0.4, -0.2) is 51.1 Å². The van der Waals surface area contributed by atoms with E-state index in [-0.39, 0.29) is 6.17 Å². The lowest BCUT2D eigenvalue weighted by molar-refractivity contribution is 0.151. The molecule has 1 aromatic rings. The predicted molar refractivity (Wildman–Crippen MR) is 130 cm³/mol. The highest BCUT2D eigenvalue weighted by atomic mass is 32.2. The van der Waals surface area contributed by atoms with Crippen LogP contribution in [-0.2, 0) is 9.84 Å². The van der Waals surface area contributed by atoms with Crippen LogP contribution in [0.2, 0.25) is 0 Å². The number of nitrogens with one attached hydrogen (secondary N) is 3. The summed E-state index contributed by atoms with van der Waals surface area (Å²) < 4.78 is 23.6. The first-order chi connectivity index (χ1) is 15.0. The van der Waals surface area contributed by atoms with Gasteiger partial charge in [-0.25, -0.2) is 13.8 Å². The molecule has 31 heavy (non-hydrogen) atoms. The second kappa shape index (κ2) is 10.4. The summed E-state index contributed by atoms with van der Waals surface area (Å²) >= 11 is 2.11. The normalized spacial score (nSPS) is 31.2. The van der Waals surface area contributed by atoms with E-state index in [1.54, 1.807) is 12.1 Å². The maximum absolute atomic E-state index is 11.8. The van der Waals surface area contributed by atoms with Crippen LogP contribution in [0.3, 0.4) is 0 Å². The van der Waals surface area contributed by atoms with Crippen molar-refractivity contribution in [3.8, 4) is 0 Å². The maximum atomic E-state index is 11.8. The highest BCUT2D eigenvalue weighted by molar-refractivity contribution is 8.00. The molecule has 8 heteroatoms. The van der Waals surface area contributed by atoms with E-state index in [4.69, 9.17) is 0 Å². The molecule has 174 valence electrons. The van der Waals surface area contributed by atoms with Crippen LogP contribution in [0.5, 0.6) is 0 Å². The molecular formula is C23H38N4O2S2. The third-order valence-electron chi connectivity index (χ3n) is 6.99. The Balaban J connectivity index is 1.44. The largest absolute Gasteiger partial charge is 0.301 e. The molecule has 3 aliphatic heterocycles. The van der Waals surface area contributed by atoms with Crippen molar-refractivity contribution in [3.63, 3.8) is 0 Å². The zero-order valence-corrected chi connectivity index (χ0v) is 20.5. The second-order valence-corrected chi connectivity index (χ2v) is 12.8. The van der Waals surface area contributed by atoms with Gasteiger partial charge in [0.1, 0.15) is 6.17 Å². The van der Waals surface area contributed by atoms with Crippen molar-refractivity contribution in [1.29, 1.82) is 0 Å². The van der Waals surface area contributed by atoms with Crippen LogP contribution in [0, 0.1) is 11.8 Å². The Labute approximate surface area is 192 Å². The number of hydrazine groups is 1. The number of sulfone groups is 1. The molecule has 6 nitrogen and oxygen atoms in total.